The Morgan fingerprint density at radius 2 is 1.84 bits per heavy atom. The molecule has 0 atom stereocenters. The van der Waals surface area contributed by atoms with Gasteiger partial charge in [-0.05, 0) is 47.7 Å². The van der Waals surface area contributed by atoms with E-state index in [1.165, 1.54) is 5.56 Å². The molecule has 0 fully saturated rings. The van der Waals surface area contributed by atoms with Crippen molar-refractivity contribution >= 4 is 17.5 Å². The number of ether oxygens (including phenoxy) is 1. The van der Waals surface area contributed by atoms with Crippen LogP contribution < -0.4 is 15.8 Å². The molecule has 1 heterocycles. The van der Waals surface area contributed by atoms with E-state index >= 15 is 0 Å². The Morgan fingerprint density at radius 1 is 1.13 bits per heavy atom. The number of amides is 2. The van der Waals surface area contributed by atoms with Gasteiger partial charge in [-0.1, -0.05) is 45.0 Å². The number of benzene rings is 2. The Morgan fingerprint density at radius 3 is 2.45 bits per heavy atom. The van der Waals surface area contributed by atoms with Crippen LogP contribution in [0.3, 0.4) is 0 Å². The summed E-state index contributed by atoms with van der Waals surface area (Å²) in [5, 5.41) is 6.80. The van der Waals surface area contributed by atoms with Crippen molar-refractivity contribution in [1.82, 2.24) is 9.78 Å². The topological polar surface area (TPSA) is 99.2 Å². The molecule has 0 bridgehead atoms. The summed E-state index contributed by atoms with van der Waals surface area (Å²) in [4.78, 5) is 24.3. The number of primary amides is 1. The van der Waals surface area contributed by atoms with E-state index in [9.17, 15) is 9.59 Å². The summed E-state index contributed by atoms with van der Waals surface area (Å²) < 4.78 is 7.42. The van der Waals surface area contributed by atoms with Gasteiger partial charge in [0.25, 0.3) is 11.8 Å². The number of nitrogens with two attached hydrogens (primary N) is 1. The highest BCUT2D eigenvalue weighted by molar-refractivity contribution is 6.08. The number of aromatic nitrogens is 2. The largest absolute Gasteiger partial charge is 0.489 e. The molecule has 1 aromatic heterocycles. The van der Waals surface area contributed by atoms with E-state index in [-0.39, 0.29) is 17.0 Å². The van der Waals surface area contributed by atoms with Crippen LogP contribution in [0.1, 0.15) is 59.7 Å². The lowest BCUT2D eigenvalue weighted by molar-refractivity contribution is 0.0995. The Bertz CT molecular complexity index is 1080. The first-order chi connectivity index (χ1) is 14.7. The molecule has 0 aliphatic rings. The van der Waals surface area contributed by atoms with Gasteiger partial charge in [0, 0.05) is 18.3 Å². The van der Waals surface area contributed by atoms with Gasteiger partial charge in [0.2, 0.25) is 0 Å². The van der Waals surface area contributed by atoms with E-state index in [2.05, 4.69) is 43.3 Å². The molecule has 3 aromatic rings. The lowest BCUT2D eigenvalue weighted by Gasteiger charge is -2.19. The molecule has 7 heteroatoms. The average Bonchev–Trinajstić information content (AvgIpc) is 3.15. The lowest BCUT2D eigenvalue weighted by atomic mass is 9.87. The maximum Gasteiger partial charge on any atom is 0.271 e. The van der Waals surface area contributed by atoms with E-state index in [0.717, 1.165) is 11.3 Å². The number of carbonyl (C=O) groups is 2. The molecule has 0 unspecified atom stereocenters. The highest BCUT2D eigenvalue weighted by atomic mass is 16.5. The maximum atomic E-state index is 12.7. The van der Waals surface area contributed by atoms with Crippen molar-refractivity contribution in [1.29, 1.82) is 0 Å². The molecule has 0 spiro atoms. The fraction of sp³-hybridized carbons (Fsp3) is 0.292. The Balaban J connectivity index is 1.68. The van der Waals surface area contributed by atoms with Crippen LogP contribution in [0.5, 0.6) is 5.75 Å². The highest BCUT2D eigenvalue weighted by Crippen LogP contribution is 2.24. The van der Waals surface area contributed by atoms with Gasteiger partial charge in [-0.15, -0.1) is 0 Å². The number of nitrogens with one attached hydrogen (secondary N) is 1. The first kappa shape index (κ1) is 22.1. The van der Waals surface area contributed by atoms with Crippen LogP contribution >= 0.6 is 0 Å². The third-order valence-electron chi connectivity index (χ3n) is 4.88. The van der Waals surface area contributed by atoms with Crippen LogP contribution in [0.15, 0.2) is 54.7 Å². The predicted molar refractivity (Wildman–Crippen MR) is 120 cm³/mol. The summed E-state index contributed by atoms with van der Waals surface area (Å²) in [5.74, 6) is -0.280. The molecule has 3 N–H and O–H groups in total. The molecular weight excluding hydrogens is 392 g/mol. The van der Waals surface area contributed by atoms with Gasteiger partial charge in [-0.25, -0.2) is 0 Å². The van der Waals surface area contributed by atoms with Gasteiger partial charge in [-0.3, -0.25) is 14.3 Å². The summed E-state index contributed by atoms with van der Waals surface area (Å²) in [7, 11) is 0. The van der Waals surface area contributed by atoms with Crippen molar-refractivity contribution in [2.45, 2.75) is 46.3 Å². The second kappa shape index (κ2) is 9.04. The van der Waals surface area contributed by atoms with Gasteiger partial charge in [0.15, 0.2) is 5.69 Å². The third kappa shape index (κ3) is 5.51. The highest BCUT2D eigenvalue weighted by Gasteiger charge is 2.17. The summed E-state index contributed by atoms with van der Waals surface area (Å²) in [5.41, 5.74) is 8.32. The number of hydrogen-bond acceptors (Lipinski definition) is 4. The van der Waals surface area contributed by atoms with Crippen molar-refractivity contribution in [3.8, 4) is 5.75 Å². The second-order valence-corrected chi connectivity index (χ2v) is 8.33. The maximum absolute atomic E-state index is 12.7. The predicted octanol–water partition coefficient (Wildman–Crippen LogP) is 4.13. The molecular formula is C24H28N4O3. The number of aryl methyl sites for hydroxylation is 1. The molecule has 7 nitrogen and oxygen atoms in total. The van der Waals surface area contributed by atoms with Crippen LogP contribution in [-0.4, -0.2) is 21.6 Å². The molecule has 2 aromatic carbocycles. The first-order valence-electron chi connectivity index (χ1n) is 10.2. The van der Waals surface area contributed by atoms with Crippen molar-refractivity contribution in [2.24, 2.45) is 5.73 Å². The fourth-order valence-corrected chi connectivity index (χ4v) is 3.07. The first-order valence-corrected chi connectivity index (χ1v) is 10.2. The normalized spacial score (nSPS) is 11.2. The second-order valence-electron chi connectivity index (χ2n) is 8.33. The molecule has 2 amide bonds. The lowest BCUT2D eigenvalue weighted by Crippen LogP contribution is -2.18. The van der Waals surface area contributed by atoms with Gasteiger partial charge in [-0.2, -0.15) is 5.10 Å². The zero-order valence-corrected chi connectivity index (χ0v) is 18.3. The number of nitrogens with zero attached hydrogens (tertiary/aromatic N) is 2. The minimum Gasteiger partial charge on any atom is -0.489 e. The summed E-state index contributed by atoms with van der Waals surface area (Å²) in [6.07, 6.45) is 1.59. The number of hydrogen-bond donors (Lipinski definition) is 2. The molecule has 0 aliphatic carbocycles. The van der Waals surface area contributed by atoms with Crippen LogP contribution in [0.25, 0.3) is 0 Å². The van der Waals surface area contributed by atoms with Gasteiger partial charge in [0.1, 0.15) is 12.4 Å². The van der Waals surface area contributed by atoms with E-state index in [0.29, 0.717) is 24.4 Å². The monoisotopic (exact) mass is 420 g/mol. The molecule has 0 aliphatic heterocycles. The summed E-state index contributed by atoms with van der Waals surface area (Å²) in [6, 6.07) is 15.2. The van der Waals surface area contributed by atoms with E-state index in [1.54, 1.807) is 29.1 Å². The number of rotatable bonds is 7. The molecule has 3 rings (SSSR count). The van der Waals surface area contributed by atoms with Crippen LogP contribution in [0, 0.1) is 0 Å². The van der Waals surface area contributed by atoms with E-state index in [4.69, 9.17) is 10.5 Å². The van der Waals surface area contributed by atoms with Crippen LogP contribution in [0.2, 0.25) is 0 Å². The van der Waals surface area contributed by atoms with E-state index in [1.807, 2.05) is 25.1 Å². The molecule has 31 heavy (non-hydrogen) atoms. The Labute approximate surface area is 182 Å². The SMILES string of the molecule is CCn1cc(NC(=O)c2cccc(COc3ccc(C(C)(C)C)cc3)c2)c(C(N)=O)n1. The minimum atomic E-state index is -0.692. The Kier molecular flexibility index (Phi) is 6.44. The van der Waals surface area contributed by atoms with Gasteiger partial charge < -0.3 is 15.8 Å². The molecule has 0 saturated carbocycles. The summed E-state index contributed by atoms with van der Waals surface area (Å²) >= 11 is 0. The van der Waals surface area contributed by atoms with Crippen LogP contribution in [-0.2, 0) is 18.6 Å². The van der Waals surface area contributed by atoms with Gasteiger partial charge in [0.05, 0.1) is 5.69 Å². The Hall–Kier alpha value is -3.61. The standard InChI is InChI=1S/C24H28N4O3/c1-5-28-14-20(21(27-28)22(25)29)26-23(30)17-8-6-7-16(13-17)15-31-19-11-9-18(10-12-19)24(2,3)4/h6-14H,5,15H2,1-4H3,(H2,25,29)(H,26,30). The smallest absolute Gasteiger partial charge is 0.271 e. The third-order valence-corrected chi connectivity index (χ3v) is 4.88. The quantitative estimate of drug-likeness (QED) is 0.600. The number of carbonyl (C=O) groups excluding carboxylic acids is 2. The molecule has 0 saturated heterocycles. The number of anilines is 1. The fourth-order valence-electron chi connectivity index (χ4n) is 3.07. The summed E-state index contributed by atoms with van der Waals surface area (Å²) in [6.45, 7) is 9.26. The molecule has 162 valence electrons. The van der Waals surface area contributed by atoms with Crippen molar-refractivity contribution in [3.63, 3.8) is 0 Å². The average molecular weight is 421 g/mol. The van der Waals surface area contributed by atoms with E-state index < -0.39 is 5.91 Å². The zero-order chi connectivity index (χ0) is 22.6. The van der Waals surface area contributed by atoms with Crippen molar-refractivity contribution < 1.29 is 14.3 Å². The van der Waals surface area contributed by atoms with Gasteiger partial charge >= 0.3 is 0 Å². The van der Waals surface area contributed by atoms with Crippen molar-refractivity contribution in [2.75, 3.05) is 5.32 Å². The molecule has 0 radical (unpaired) electrons. The van der Waals surface area contributed by atoms with Crippen molar-refractivity contribution in [3.05, 3.63) is 77.1 Å². The zero-order valence-electron chi connectivity index (χ0n) is 18.3. The minimum absolute atomic E-state index is 0.0355. The van der Waals surface area contributed by atoms with Crippen LogP contribution in [0.4, 0.5) is 5.69 Å².